The van der Waals surface area contributed by atoms with Gasteiger partial charge in [0.1, 0.15) is 5.79 Å². The molecule has 0 bridgehead atoms. The second-order valence-corrected chi connectivity index (χ2v) is 2.18. The maximum atomic E-state index is 5.41. The smallest absolute Gasteiger partial charge is 0.131 e. The molecule has 0 spiro atoms. The van der Waals surface area contributed by atoms with E-state index in [-0.39, 0.29) is 0 Å². The summed E-state index contributed by atoms with van der Waals surface area (Å²) in [6.45, 7) is 0.453. The van der Waals surface area contributed by atoms with Crippen molar-refractivity contribution < 1.29 is 0 Å². The lowest BCUT2D eigenvalue weighted by molar-refractivity contribution is 0.353. The largest absolute Gasteiger partial charge is 0.330 e. The molecule has 0 heterocycles. The zero-order chi connectivity index (χ0) is 7.49. The Kier molecular flexibility index (Phi) is 3.02. The van der Waals surface area contributed by atoms with E-state index >= 15 is 0 Å². The molecule has 0 rings (SSSR count). The van der Waals surface area contributed by atoms with Gasteiger partial charge in [0.05, 0.1) is 6.04 Å². The van der Waals surface area contributed by atoms with Crippen LogP contribution in [0.5, 0.6) is 0 Å². The van der Waals surface area contributed by atoms with E-state index in [1.807, 2.05) is 0 Å². The third-order valence-electron chi connectivity index (χ3n) is 1.12. The fraction of sp³-hybridized carbons (Fsp3) is 1.00. The maximum absolute atomic E-state index is 5.41. The first-order valence-corrected chi connectivity index (χ1v) is 2.80. The fourth-order valence-electron chi connectivity index (χ4n) is 0.430. The lowest BCUT2D eigenvalue weighted by Gasteiger charge is -2.25. The van der Waals surface area contributed by atoms with Crippen molar-refractivity contribution >= 4 is 0 Å². The highest BCUT2D eigenvalue weighted by Crippen LogP contribution is 1.91. The third-order valence-corrected chi connectivity index (χ3v) is 1.12. The van der Waals surface area contributed by atoms with Crippen LogP contribution in [0.25, 0.3) is 0 Å². The van der Waals surface area contributed by atoms with Gasteiger partial charge in [-0.05, 0) is 13.0 Å². The molecule has 56 valence electrons. The molecule has 0 aromatic rings. The monoisotopic (exact) mass is 133 g/mol. The van der Waals surface area contributed by atoms with Crippen molar-refractivity contribution in [3.05, 3.63) is 0 Å². The Morgan fingerprint density at radius 2 is 1.67 bits per heavy atom. The molecule has 1 atom stereocenters. The molecule has 0 fully saturated rings. The van der Waals surface area contributed by atoms with E-state index in [9.17, 15) is 0 Å². The Hall–Kier alpha value is -0.200. The second kappa shape index (κ2) is 3.09. The highest BCUT2D eigenvalue weighted by molar-refractivity contribution is 4.82. The summed E-state index contributed by atoms with van der Waals surface area (Å²) in [6.07, 6.45) is 0.545. The third kappa shape index (κ3) is 3.39. The molecule has 0 aliphatic rings. The quantitative estimate of drug-likeness (QED) is 0.265. The van der Waals surface area contributed by atoms with E-state index in [4.69, 9.17) is 28.7 Å². The minimum atomic E-state index is -1.29. The molecule has 5 heteroatoms. The average Bonchev–Trinajstić information content (AvgIpc) is 1.64. The molecular weight excluding hydrogens is 118 g/mol. The van der Waals surface area contributed by atoms with Crippen molar-refractivity contribution in [1.29, 1.82) is 0 Å². The van der Waals surface area contributed by atoms with Crippen molar-refractivity contribution in [2.24, 2.45) is 28.7 Å². The standard InChI is InChI=1S/C4H15N5/c5-2-1-3(6)4(7,8)9/h3H,1-2,5-9H2. The van der Waals surface area contributed by atoms with Crippen molar-refractivity contribution in [2.45, 2.75) is 18.2 Å². The summed E-state index contributed by atoms with van der Waals surface area (Å²) in [4.78, 5) is 0. The normalized spacial score (nSPS) is 15.7. The molecule has 0 aromatic heterocycles. The summed E-state index contributed by atoms with van der Waals surface area (Å²) >= 11 is 0. The number of nitrogens with two attached hydrogens (primary N) is 5. The van der Waals surface area contributed by atoms with Crippen molar-refractivity contribution in [2.75, 3.05) is 6.54 Å². The van der Waals surface area contributed by atoms with Crippen molar-refractivity contribution in [1.82, 2.24) is 0 Å². The summed E-state index contributed by atoms with van der Waals surface area (Å²) in [5, 5.41) is 0. The first-order chi connectivity index (χ1) is 3.98. The zero-order valence-corrected chi connectivity index (χ0v) is 5.38. The Bertz CT molecular complexity index is 75.5. The van der Waals surface area contributed by atoms with E-state index in [0.717, 1.165) is 0 Å². The summed E-state index contributed by atoms with van der Waals surface area (Å²) in [7, 11) is 0. The molecule has 9 heavy (non-hydrogen) atoms. The van der Waals surface area contributed by atoms with Crippen LogP contribution in [-0.4, -0.2) is 18.4 Å². The van der Waals surface area contributed by atoms with Gasteiger partial charge in [-0.3, -0.25) is 17.2 Å². The van der Waals surface area contributed by atoms with Gasteiger partial charge in [0.15, 0.2) is 0 Å². The molecule has 10 N–H and O–H groups in total. The van der Waals surface area contributed by atoms with Crippen LogP contribution in [0.3, 0.4) is 0 Å². The Balaban J connectivity index is 3.59. The Morgan fingerprint density at radius 1 is 1.22 bits per heavy atom. The highest BCUT2D eigenvalue weighted by atomic mass is 15.2. The molecule has 0 aromatic carbocycles. The number of hydrogen-bond donors (Lipinski definition) is 5. The van der Waals surface area contributed by atoms with Gasteiger partial charge in [0.25, 0.3) is 0 Å². The lowest BCUT2D eigenvalue weighted by Crippen LogP contribution is -2.69. The van der Waals surface area contributed by atoms with Crippen LogP contribution >= 0.6 is 0 Å². The molecule has 5 nitrogen and oxygen atoms in total. The van der Waals surface area contributed by atoms with Gasteiger partial charge in [-0.15, -0.1) is 0 Å². The predicted molar refractivity (Wildman–Crippen MR) is 36.9 cm³/mol. The lowest BCUT2D eigenvalue weighted by atomic mass is 10.1. The van der Waals surface area contributed by atoms with Gasteiger partial charge in [-0.2, -0.15) is 0 Å². The molecule has 0 aliphatic heterocycles. The first-order valence-electron chi connectivity index (χ1n) is 2.80. The van der Waals surface area contributed by atoms with Crippen LogP contribution < -0.4 is 28.7 Å². The van der Waals surface area contributed by atoms with E-state index in [2.05, 4.69) is 0 Å². The van der Waals surface area contributed by atoms with E-state index in [1.165, 1.54) is 0 Å². The van der Waals surface area contributed by atoms with Crippen molar-refractivity contribution in [3.8, 4) is 0 Å². The van der Waals surface area contributed by atoms with Crippen LogP contribution in [-0.2, 0) is 0 Å². The SMILES string of the molecule is NCCC(N)C(N)(N)N. The summed E-state index contributed by atoms with van der Waals surface area (Å²) < 4.78 is 0. The van der Waals surface area contributed by atoms with Gasteiger partial charge in [0, 0.05) is 0 Å². The minimum absolute atomic E-state index is 0.428. The summed E-state index contributed by atoms with van der Waals surface area (Å²) in [5.74, 6) is -1.29. The van der Waals surface area contributed by atoms with Gasteiger partial charge >= 0.3 is 0 Å². The highest BCUT2D eigenvalue weighted by Gasteiger charge is 2.20. The van der Waals surface area contributed by atoms with E-state index in [0.29, 0.717) is 13.0 Å². The van der Waals surface area contributed by atoms with Crippen LogP contribution in [0.4, 0.5) is 0 Å². The zero-order valence-electron chi connectivity index (χ0n) is 5.38. The first kappa shape index (κ1) is 8.80. The Labute approximate surface area is 54.5 Å². The molecule has 1 unspecified atom stereocenters. The van der Waals surface area contributed by atoms with Gasteiger partial charge < -0.3 is 11.5 Å². The summed E-state index contributed by atoms with van der Waals surface area (Å²) in [6, 6.07) is -0.428. The number of rotatable bonds is 3. The fourth-order valence-corrected chi connectivity index (χ4v) is 0.430. The average molecular weight is 133 g/mol. The maximum Gasteiger partial charge on any atom is 0.131 e. The van der Waals surface area contributed by atoms with Crippen LogP contribution in [0.15, 0.2) is 0 Å². The van der Waals surface area contributed by atoms with E-state index in [1.54, 1.807) is 0 Å². The Morgan fingerprint density at radius 3 is 1.78 bits per heavy atom. The van der Waals surface area contributed by atoms with Crippen molar-refractivity contribution in [3.63, 3.8) is 0 Å². The molecule has 0 saturated carbocycles. The second-order valence-electron chi connectivity index (χ2n) is 2.18. The van der Waals surface area contributed by atoms with Crippen LogP contribution in [0.2, 0.25) is 0 Å². The molecular formula is C4H15N5. The predicted octanol–water partition coefficient (Wildman–Crippen LogP) is -2.81. The van der Waals surface area contributed by atoms with Crippen LogP contribution in [0.1, 0.15) is 6.42 Å². The number of hydrogen-bond acceptors (Lipinski definition) is 5. The summed E-state index contributed by atoms with van der Waals surface area (Å²) in [5.41, 5.74) is 26.3. The topological polar surface area (TPSA) is 130 Å². The molecule has 0 amide bonds. The van der Waals surface area contributed by atoms with Gasteiger partial charge in [-0.25, -0.2) is 0 Å². The van der Waals surface area contributed by atoms with Crippen LogP contribution in [0, 0.1) is 0 Å². The molecule has 0 saturated heterocycles. The molecule has 0 aliphatic carbocycles. The van der Waals surface area contributed by atoms with E-state index < -0.39 is 11.8 Å². The molecule has 0 radical (unpaired) electrons. The van der Waals surface area contributed by atoms with Gasteiger partial charge in [-0.1, -0.05) is 0 Å². The van der Waals surface area contributed by atoms with Gasteiger partial charge in [0.2, 0.25) is 0 Å². The minimum Gasteiger partial charge on any atom is -0.330 e.